The van der Waals surface area contributed by atoms with Crippen LogP contribution < -0.4 is 9.47 Å². The molecule has 0 aliphatic carbocycles. The van der Waals surface area contributed by atoms with Crippen LogP contribution in [-0.4, -0.2) is 425 Å². The number of aliphatic hydroxyl groups excluding tert-OH is 6. The molecule has 0 amide bonds. The number of carboxylic acids is 4. The van der Waals surface area contributed by atoms with Gasteiger partial charge in [0.1, 0.15) is 73.0 Å². The van der Waals surface area contributed by atoms with Gasteiger partial charge in [0.25, 0.3) is 0 Å². The third kappa shape index (κ3) is 34.1. The Hall–Kier alpha value is -6.92. The second-order valence-electron chi connectivity index (χ2n) is 25.3. The molecule has 4 rings (SSSR count). The van der Waals surface area contributed by atoms with E-state index in [0.717, 1.165) is 11.1 Å². The van der Waals surface area contributed by atoms with Crippen LogP contribution in [0, 0.1) is 0 Å². The Balaban J connectivity index is 0.000000562. The number of rotatable bonds is 46. The SMILES string of the molecule is CCOCCOCCOc1ccc(CCC[C@@H](C(=O)O)N2CCN([C@H](CO)C(=O)O)CCN([C@H](CO)C(=O)O)CCN([C@@H](CO)C(=O)O)CC2)cc1.CCOCCOCCOc1ccc(CCC[C@@H](C(=O)OC)N2CCN([C@H](CO)C(=O)OC)CCN([C@H](CO)C(=O)OC)CCN([C@@H](CO)C(=O)OC)CC2)cc1. The van der Waals surface area contributed by atoms with Gasteiger partial charge in [-0.2, -0.15) is 0 Å². The summed E-state index contributed by atoms with van der Waals surface area (Å²) in [4.78, 5) is 113. The highest BCUT2D eigenvalue weighted by Gasteiger charge is 2.38. The van der Waals surface area contributed by atoms with E-state index >= 15 is 0 Å². The molecule has 2 heterocycles. The molecule has 0 spiro atoms. The van der Waals surface area contributed by atoms with Gasteiger partial charge in [-0.3, -0.25) is 77.6 Å². The first-order valence-corrected chi connectivity index (χ1v) is 36.6. The van der Waals surface area contributed by atoms with Gasteiger partial charge < -0.3 is 98.4 Å². The summed E-state index contributed by atoms with van der Waals surface area (Å²) >= 11 is 0. The summed E-state index contributed by atoms with van der Waals surface area (Å²) in [5.41, 5.74) is 2.01. The second kappa shape index (κ2) is 55.5. The van der Waals surface area contributed by atoms with Crippen molar-refractivity contribution in [2.45, 2.75) is 101 Å². The first-order valence-electron chi connectivity index (χ1n) is 36.6. The van der Waals surface area contributed by atoms with Gasteiger partial charge in [0.05, 0.1) is 108 Å². The molecule has 0 saturated carbocycles. The number of methoxy groups -OCH3 is 4. The minimum Gasteiger partial charge on any atom is -0.491 e. The number of aliphatic hydroxyl groups is 6. The Labute approximate surface area is 632 Å². The van der Waals surface area contributed by atoms with Crippen LogP contribution in [0.3, 0.4) is 0 Å². The van der Waals surface area contributed by atoms with Crippen LogP contribution in [-0.2, 0) is 89.1 Å². The van der Waals surface area contributed by atoms with Gasteiger partial charge in [0.15, 0.2) is 0 Å². The minimum atomic E-state index is -1.38. The second-order valence-corrected chi connectivity index (χ2v) is 25.3. The summed E-state index contributed by atoms with van der Waals surface area (Å²) in [5.74, 6) is -6.18. The van der Waals surface area contributed by atoms with Crippen molar-refractivity contribution in [3.05, 3.63) is 59.7 Å². The quantitative estimate of drug-likeness (QED) is 0.0183. The van der Waals surface area contributed by atoms with E-state index in [4.69, 9.17) is 47.4 Å². The van der Waals surface area contributed by atoms with Crippen LogP contribution >= 0.6 is 0 Å². The van der Waals surface area contributed by atoms with Crippen LogP contribution in [0.2, 0.25) is 0 Å². The van der Waals surface area contributed by atoms with Crippen molar-refractivity contribution in [3.8, 4) is 11.5 Å². The lowest BCUT2D eigenvalue weighted by Crippen LogP contribution is -2.57. The van der Waals surface area contributed by atoms with Crippen molar-refractivity contribution >= 4 is 47.8 Å². The maximum atomic E-state index is 13.4. The molecular weight excluding hydrogens is 1420 g/mol. The summed E-state index contributed by atoms with van der Waals surface area (Å²) in [5, 5.41) is 100. The number of benzene rings is 2. The predicted octanol–water partition coefficient (Wildman–Crippen LogP) is -2.74. The Morgan fingerprint density at radius 3 is 0.759 bits per heavy atom. The van der Waals surface area contributed by atoms with E-state index in [-0.39, 0.29) is 111 Å². The first kappa shape index (κ1) is 95.3. The van der Waals surface area contributed by atoms with Crippen molar-refractivity contribution in [1.82, 2.24) is 39.2 Å². The molecule has 2 aliphatic rings. The first-order chi connectivity index (χ1) is 52.1. The minimum absolute atomic E-state index is 0.0204. The van der Waals surface area contributed by atoms with Crippen LogP contribution in [0.15, 0.2) is 48.5 Å². The molecule has 2 fully saturated rings. The fourth-order valence-electron chi connectivity index (χ4n) is 12.6. The van der Waals surface area contributed by atoms with E-state index in [1.165, 1.54) is 43.1 Å². The highest BCUT2D eigenvalue weighted by Crippen LogP contribution is 2.22. The van der Waals surface area contributed by atoms with Crippen molar-refractivity contribution in [2.75, 3.05) is 239 Å². The van der Waals surface area contributed by atoms with E-state index in [9.17, 15) is 89.4 Å². The Morgan fingerprint density at radius 1 is 0.306 bits per heavy atom. The smallest absolute Gasteiger partial charge is 0.325 e. The predicted molar refractivity (Wildman–Crippen MR) is 388 cm³/mol. The largest absolute Gasteiger partial charge is 0.491 e. The normalized spacial score (nSPS) is 18.0. The monoisotopic (exact) mass is 1540 g/mol. The zero-order valence-electron chi connectivity index (χ0n) is 63.5. The lowest BCUT2D eigenvalue weighted by atomic mass is 10.0. The van der Waals surface area contributed by atoms with Crippen molar-refractivity contribution < 1.29 is 137 Å². The van der Waals surface area contributed by atoms with Crippen LogP contribution in [0.1, 0.15) is 50.7 Å². The van der Waals surface area contributed by atoms with Crippen LogP contribution in [0.5, 0.6) is 11.5 Å². The van der Waals surface area contributed by atoms with Crippen LogP contribution in [0.25, 0.3) is 0 Å². The average molecular weight is 1550 g/mol. The third-order valence-corrected chi connectivity index (χ3v) is 18.9. The van der Waals surface area contributed by atoms with Gasteiger partial charge in [-0.15, -0.1) is 0 Å². The number of aliphatic carboxylic acids is 4. The van der Waals surface area contributed by atoms with Gasteiger partial charge in [-0.25, -0.2) is 0 Å². The average Bonchev–Trinajstić information content (AvgIpc) is 0.841. The number of esters is 4. The van der Waals surface area contributed by atoms with Crippen molar-refractivity contribution in [1.29, 1.82) is 0 Å². The molecule has 0 unspecified atom stereocenters. The molecule has 0 aromatic heterocycles. The molecule has 2 aliphatic heterocycles. The van der Waals surface area contributed by atoms with Gasteiger partial charge in [-0.05, 0) is 87.8 Å². The third-order valence-electron chi connectivity index (χ3n) is 18.9. The number of carbonyl (C=O) groups excluding carboxylic acids is 4. The molecular formula is C72H120N8O28. The van der Waals surface area contributed by atoms with Gasteiger partial charge in [0.2, 0.25) is 0 Å². The number of aryl methyl sites for hydroxylation is 2. The number of nitrogens with zero attached hydrogens (tertiary/aromatic N) is 8. The van der Waals surface area contributed by atoms with Gasteiger partial charge in [-0.1, -0.05) is 24.3 Å². The van der Waals surface area contributed by atoms with E-state index < -0.39 is 136 Å². The van der Waals surface area contributed by atoms with Gasteiger partial charge >= 0.3 is 47.8 Å². The maximum absolute atomic E-state index is 13.4. The summed E-state index contributed by atoms with van der Waals surface area (Å²) in [6.45, 7) is 6.00. The fourth-order valence-corrected chi connectivity index (χ4v) is 12.6. The number of hydrogen-bond acceptors (Lipinski definition) is 32. The van der Waals surface area contributed by atoms with Gasteiger partial charge in [0, 0.05) is 118 Å². The molecule has 2 saturated heterocycles. The zero-order valence-corrected chi connectivity index (χ0v) is 63.5. The molecule has 2 aromatic carbocycles. The van der Waals surface area contributed by atoms with Crippen molar-refractivity contribution in [2.24, 2.45) is 0 Å². The summed E-state index contributed by atoms with van der Waals surface area (Å²) in [7, 11) is 4.98. The molecule has 36 heteroatoms. The maximum Gasteiger partial charge on any atom is 0.325 e. The molecule has 0 bridgehead atoms. The molecule has 10 N–H and O–H groups in total. The van der Waals surface area contributed by atoms with E-state index in [0.29, 0.717) is 110 Å². The standard InChI is InChI=1S/C38H64N4O14.C34H56N4O14/c1-6-54-22-23-55-24-25-56-30-12-10-29(11-13-30)8-7-9-31(35(46)50-2)39-14-16-40(32(26-43)36(47)51-3)18-20-42(34(28-45)38(49)53-5)21-19-41(17-15-39)33(27-44)37(48)52-4;1-2-50-18-19-51-20-21-52-26-8-6-25(7-9-26)4-3-5-27(31(42)43)35-10-12-36(28(22-39)32(44)45)14-16-38(30(24-41)34(48)49)17-15-37(13-11-35)29(23-40)33(46)47/h10-13,31-34,43-45H,6-9,14-28H2,1-5H3;6-9,27-30,39-41H,2-5,10-24H2,1H3,(H,42,43)(H,44,45)(H,46,47)(H,48,49)/t31-,32-,33+,34+;27-,28-,29+,30+/m00/s1. The fraction of sp³-hybridized carbons (Fsp3) is 0.722. The number of carboxylic acid groups (broad SMARTS) is 4. The zero-order chi connectivity index (χ0) is 79.8. The number of carbonyl (C=O) groups is 8. The summed E-state index contributed by atoms with van der Waals surface area (Å²) in [6, 6.07) is 6.11. The highest BCUT2D eigenvalue weighted by molar-refractivity contribution is 5.78. The number of ether oxygens (including phenoxy) is 10. The molecule has 616 valence electrons. The van der Waals surface area contributed by atoms with Crippen LogP contribution in [0.4, 0.5) is 0 Å². The summed E-state index contributed by atoms with van der Waals surface area (Å²) in [6.07, 6.45) is 2.93. The van der Waals surface area contributed by atoms with Crippen molar-refractivity contribution in [3.63, 3.8) is 0 Å². The molecule has 0 radical (unpaired) electrons. The Bertz CT molecular complexity index is 2780. The highest BCUT2D eigenvalue weighted by atomic mass is 16.6. The molecule has 8 atom stereocenters. The summed E-state index contributed by atoms with van der Waals surface area (Å²) < 4.78 is 53.1. The molecule has 108 heavy (non-hydrogen) atoms. The number of hydrogen-bond donors (Lipinski definition) is 10. The Morgan fingerprint density at radius 2 is 0.519 bits per heavy atom. The Kier molecular flexibility index (Phi) is 48.9. The molecule has 2 aromatic rings. The lowest BCUT2D eigenvalue weighted by molar-refractivity contribution is -0.153. The van der Waals surface area contributed by atoms with E-state index in [1.54, 1.807) is 19.6 Å². The topological polar surface area (TPSA) is 457 Å². The van der Waals surface area contributed by atoms with E-state index in [1.807, 2.05) is 67.3 Å². The lowest BCUT2D eigenvalue weighted by Gasteiger charge is -2.39. The van der Waals surface area contributed by atoms with E-state index in [2.05, 4.69) is 0 Å². The molecule has 36 nitrogen and oxygen atoms in total.